The summed E-state index contributed by atoms with van der Waals surface area (Å²) in [5.41, 5.74) is 0. The number of hydrogen-bond donors (Lipinski definition) is 2. The predicted molar refractivity (Wildman–Crippen MR) is 83.7 cm³/mol. The molecule has 3 rings (SSSR count). The van der Waals surface area contributed by atoms with Gasteiger partial charge in [0.05, 0.1) is 12.3 Å². The molecule has 9 nitrogen and oxygen atoms in total. The molecule has 1 saturated heterocycles. The van der Waals surface area contributed by atoms with Crippen molar-refractivity contribution in [2.75, 3.05) is 6.54 Å². The van der Waals surface area contributed by atoms with Crippen LogP contribution in [-0.2, 0) is 14.8 Å². The largest absolute Gasteiger partial charge is 0.364 e. The number of aromatic nitrogens is 4. The van der Waals surface area contributed by atoms with Crippen molar-refractivity contribution in [3.63, 3.8) is 0 Å². The van der Waals surface area contributed by atoms with E-state index in [-0.39, 0.29) is 29.7 Å². The van der Waals surface area contributed by atoms with Crippen molar-refractivity contribution in [3.8, 4) is 0 Å². The van der Waals surface area contributed by atoms with Gasteiger partial charge in [-0.15, -0.1) is 0 Å². The molecule has 0 spiro atoms. The third-order valence-corrected chi connectivity index (χ3v) is 5.17. The van der Waals surface area contributed by atoms with Gasteiger partial charge in [-0.3, -0.25) is 0 Å². The zero-order valence-corrected chi connectivity index (χ0v) is 14.6. The van der Waals surface area contributed by atoms with Crippen LogP contribution in [0.2, 0.25) is 0 Å². The molecule has 132 valence electrons. The monoisotopic (exact) mass is 355 g/mol. The fraction of sp³-hybridized carbons (Fsp3) is 0.643. The van der Waals surface area contributed by atoms with Crippen molar-refractivity contribution < 1.29 is 17.7 Å². The second-order valence-corrected chi connectivity index (χ2v) is 7.88. The van der Waals surface area contributed by atoms with Gasteiger partial charge in [0.15, 0.2) is 10.9 Å². The summed E-state index contributed by atoms with van der Waals surface area (Å²) in [4.78, 5) is 11.1. The quantitative estimate of drug-likeness (QED) is 0.803. The number of aromatic amines is 1. The first-order valence-electron chi connectivity index (χ1n) is 7.85. The highest BCUT2D eigenvalue weighted by molar-refractivity contribution is 7.89. The normalized spacial score (nSPS) is 21.7. The molecule has 0 aromatic carbocycles. The molecule has 24 heavy (non-hydrogen) atoms. The van der Waals surface area contributed by atoms with Gasteiger partial charge in [-0.2, -0.15) is 4.98 Å². The van der Waals surface area contributed by atoms with Crippen molar-refractivity contribution in [2.45, 2.75) is 56.8 Å². The molecule has 0 amide bonds. The molecule has 0 radical (unpaired) electrons. The maximum atomic E-state index is 12.3. The molecule has 1 aliphatic rings. The van der Waals surface area contributed by atoms with E-state index in [4.69, 9.17) is 9.26 Å². The Hall–Kier alpha value is -1.78. The number of H-pyrrole nitrogens is 1. The Labute approximate surface area is 140 Å². The summed E-state index contributed by atoms with van der Waals surface area (Å²) in [6.07, 6.45) is 2.26. The Morgan fingerprint density at radius 1 is 1.42 bits per heavy atom. The lowest BCUT2D eigenvalue weighted by Gasteiger charge is -2.12. The van der Waals surface area contributed by atoms with Gasteiger partial charge in [0.1, 0.15) is 11.9 Å². The Kier molecular flexibility index (Phi) is 4.70. The van der Waals surface area contributed by atoms with Gasteiger partial charge in [0.2, 0.25) is 0 Å². The van der Waals surface area contributed by atoms with Crippen molar-refractivity contribution in [3.05, 3.63) is 23.7 Å². The molecular weight excluding hydrogens is 334 g/mol. The van der Waals surface area contributed by atoms with Crippen LogP contribution in [0.15, 0.2) is 15.7 Å². The molecule has 2 aromatic rings. The molecule has 1 fully saturated rings. The van der Waals surface area contributed by atoms with Gasteiger partial charge < -0.3 is 14.2 Å². The van der Waals surface area contributed by atoms with Crippen LogP contribution >= 0.6 is 0 Å². The van der Waals surface area contributed by atoms with E-state index in [1.807, 2.05) is 13.8 Å². The number of aryl methyl sites for hydroxylation is 1. The van der Waals surface area contributed by atoms with Crippen molar-refractivity contribution in [1.82, 2.24) is 24.8 Å². The van der Waals surface area contributed by atoms with E-state index in [1.165, 1.54) is 6.20 Å². The average molecular weight is 355 g/mol. The Morgan fingerprint density at radius 3 is 2.83 bits per heavy atom. The number of sulfonamides is 1. The molecule has 1 aliphatic heterocycles. The van der Waals surface area contributed by atoms with E-state index >= 15 is 0 Å². The molecule has 2 atom stereocenters. The van der Waals surface area contributed by atoms with E-state index in [1.54, 1.807) is 6.92 Å². The van der Waals surface area contributed by atoms with Crippen LogP contribution in [0.4, 0.5) is 0 Å². The van der Waals surface area contributed by atoms with Gasteiger partial charge in [0, 0.05) is 12.5 Å². The second kappa shape index (κ2) is 6.61. The molecule has 0 unspecified atom stereocenters. The van der Waals surface area contributed by atoms with Gasteiger partial charge in [-0.05, 0) is 19.8 Å². The Balaban J connectivity index is 1.57. The summed E-state index contributed by atoms with van der Waals surface area (Å²) in [6.45, 7) is 5.80. The zero-order valence-electron chi connectivity index (χ0n) is 13.8. The summed E-state index contributed by atoms with van der Waals surface area (Å²) in [5, 5.41) is 3.80. The van der Waals surface area contributed by atoms with Crippen LogP contribution in [0.5, 0.6) is 0 Å². The lowest BCUT2D eigenvalue weighted by Crippen LogP contribution is -2.32. The SMILES string of the molecule is Cc1noc([C@@H]2CC[C@H](CNS(=O)(=O)c3cnc(C(C)C)[nH]3)O2)n1. The fourth-order valence-corrected chi connectivity index (χ4v) is 3.50. The Bertz CT molecular complexity index is 798. The first kappa shape index (κ1) is 17.1. The van der Waals surface area contributed by atoms with E-state index in [9.17, 15) is 8.42 Å². The number of hydrogen-bond acceptors (Lipinski definition) is 7. The number of rotatable bonds is 6. The highest BCUT2D eigenvalue weighted by Gasteiger charge is 2.31. The number of nitrogens with zero attached hydrogens (tertiary/aromatic N) is 3. The zero-order chi connectivity index (χ0) is 17.3. The third kappa shape index (κ3) is 3.65. The molecule has 10 heteroatoms. The number of ether oxygens (including phenoxy) is 1. The second-order valence-electron chi connectivity index (χ2n) is 6.14. The van der Waals surface area contributed by atoms with E-state index in [0.717, 1.165) is 12.8 Å². The summed E-state index contributed by atoms with van der Waals surface area (Å²) in [6, 6.07) is 0. The van der Waals surface area contributed by atoms with Crippen LogP contribution < -0.4 is 4.72 Å². The summed E-state index contributed by atoms with van der Waals surface area (Å²) < 4.78 is 38.0. The van der Waals surface area contributed by atoms with Crippen LogP contribution in [-0.4, -0.2) is 41.2 Å². The summed E-state index contributed by atoms with van der Waals surface area (Å²) in [5.74, 6) is 1.76. The minimum atomic E-state index is -3.64. The van der Waals surface area contributed by atoms with Gasteiger partial charge in [-0.25, -0.2) is 18.1 Å². The molecule has 3 heterocycles. The Morgan fingerprint density at radius 2 is 2.21 bits per heavy atom. The fourth-order valence-electron chi connectivity index (χ4n) is 2.51. The molecular formula is C14H21N5O4S. The highest BCUT2D eigenvalue weighted by atomic mass is 32.2. The molecule has 0 saturated carbocycles. The lowest BCUT2D eigenvalue weighted by molar-refractivity contribution is 0.0290. The van der Waals surface area contributed by atoms with E-state index < -0.39 is 10.0 Å². The maximum Gasteiger partial charge on any atom is 0.257 e. The number of nitrogens with one attached hydrogen (secondary N) is 2. The van der Waals surface area contributed by atoms with Crippen LogP contribution in [0, 0.1) is 6.92 Å². The third-order valence-electron chi connectivity index (χ3n) is 3.84. The van der Waals surface area contributed by atoms with Crippen LogP contribution in [0.25, 0.3) is 0 Å². The maximum absolute atomic E-state index is 12.3. The lowest BCUT2D eigenvalue weighted by atomic mass is 10.2. The topological polar surface area (TPSA) is 123 Å². The standard InChI is InChI=1S/C14H21N5O4S/c1-8(2)13-15-7-12(18-13)24(20,21)16-6-10-4-5-11(22-10)14-17-9(3)19-23-14/h7-8,10-11,16H,4-6H2,1-3H3,(H,15,18)/t10-,11+/m1/s1. The predicted octanol–water partition coefficient (Wildman–Crippen LogP) is 1.42. The minimum Gasteiger partial charge on any atom is -0.364 e. The molecule has 2 aromatic heterocycles. The van der Waals surface area contributed by atoms with Crippen LogP contribution in [0.3, 0.4) is 0 Å². The van der Waals surface area contributed by atoms with E-state index in [2.05, 4.69) is 24.8 Å². The molecule has 2 N–H and O–H groups in total. The van der Waals surface area contributed by atoms with Gasteiger partial charge >= 0.3 is 0 Å². The van der Waals surface area contributed by atoms with Crippen molar-refractivity contribution in [2.24, 2.45) is 0 Å². The van der Waals surface area contributed by atoms with E-state index in [0.29, 0.717) is 17.5 Å². The first-order valence-corrected chi connectivity index (χ1v) is 9.33. The summed E-state index contributed by atoms with van der Waals surface area (Å²) in [7, 11) is -3.64. The molecule has 0 aliphatic carbocycles. The molecule has 0 bridgehead atoms. The smallest absolute Gasteiger partial charge is 0.257 e. The van der Waals surface area contributed by atoms with Gasteiger partial charge in [0.25, 0.3) is 15.9 Å². The van der Waals surface area contributed by atoms with Gasteiger partial charge in [-0.1, -0.05) is 19.0 Å². The first-order chi connectivity index (χ1) is 11.3. The van der Waals surface area contributed by atoms with Crippen molar-refractivity contribution in [1.29, 1.82) is 0 Å². The highest BCUT2D eigenvalue weighted by Crippen LogP contribution is 2.31. The van der Waals surface area contributed by atoms with Crippen molar-refractivity contribution >= 4 is 10.0 Å². The summed E-state index contributed by atoms with van der Waals surface area (Å²) >= 11 is 0. The average Bonchev–Trinajstić information content (AvgIpc) is 3.25. The minimum absolute atomic E-state index is 0.0632. The number of imidazole rings is 1. The van der Waals surface area contributed by atoms with Crippen LogP contribution in [0.1, 0.15) is 56.3 Å².